The Balaban J connectivity index is 1.88. The molecule has 0 heterocycles. The van der Waals surface area contributed by atoms with Crippen LogP contribution in [-0.2, 0) is 0 Å². The fourth-order valence-corrected chi connectivity index (χ4v) is 2.29. The molecule has 2 heteroatoms. The molecule has 1 aliphatic carbocycles. The maximum absolute atomic E-state index is 12.0. The summed E-state index contributed by atoms with van der Waals surface area (Å²) in [6, 6.07) is 11.9. The van der Waals surface area contributed by atoms with E-state index in [0.29, 0.717) is 5.92 Å². The van der Waals surface area contributed by atoms with Crippen molar-refractivity contribution in [1.29, 1.82) is 0 Å². The van der Waals surface area contributed by atoms with Crippen molar-refractivity contribution in [3.8, 4) is 0 Å². The van der Waals surface area contributed by atoms with Gasteiger partial charge in [-0.05, 0) is 47.2 Å². The lowest BCUT2D eigenvalue weighted by molar-refractivity contribution is 0.0952. The Hall–Kier alpha value is -2.09. The first kappa shape index (κ1) is 12.0. The molecular weight excluding hydrogens is 234 g/mol. The van der Waals surface area contributed by atoms with E-state index in [-0.39, 0.29) is 5.91 Å². The SMILES string of the molecule is C=Cc1cccc2cc(C(=O)NCC3CC3)ccc12. The van der Waals surface area contributed by atoms with Crippen LogP contribution in [0.4, 0.5) is 0 Å². The highest BCUT2D eigenvalue weighted by Crippen LogP contribution is 2.27. The van der Waals surface area contributed by atoms with Crippen LogP contribution in [-0.4, -0.2) is 12.5 Å². The molecule has 1 aliphatic rings. The lowest BCUT2D eigenvalue weighted by Crippen LogP contribution is -2.25. The lowest BCUT2D eigenvalue weighted by Gasteiger charge is -2.07. The average Bonchev–Trinajstić information content (AvgIpc) is 3.27. The van der Waals surface area contributed by atoms with Gasteiger partial charge >= 0.3 is 0 Å². The Bertz CT molecular complexity index is 641. The molecule has 0 radical (unpaired) electrons. The summed E-state index contributed by atoms with van der Waals surface area (Å²) in [5.74, 6) is 0.731. The molecule has 1 saturated carbocycles. The van der Waals surface area contributed by atoms with E-state index in [1.54, 1.807) is 0 Å². The zero-order chi connectivity index (χ0) is 13.2. The van der Waals surface area contributed by atoms with Crippen molar-refractivity contribution < 1.29 is 4.79 Å². The van der Waals surface area contributed by atoms with Gasteiger partial charge in [0.1, 0.15) is 0 Å². The first-order valence-electron chi connectivity index (χ1n) is 6.71. The van der Waals surface area contributed by atoms with E-state index in [1.807, 2.05) is 42.5 Å². The van der Waals surface area contributed by atoms with Crippen LogP contribution in [0.1, 0.15) is 28.8 Å². The molecule has 1 N–H and O–H groups in total. The number of benzene rings is 2. The molecular formula is C17H17NO. The molecule has 1 fully saturated rings. The molecule has 3 rings (SSSR count). The summed E-state index contributed by atoms with van der Waals surface area (Å²) in [5.41, 5.74) is 1.83. The smallest absolute Gasteiger partial charge is 0.251 e. The van der Waals surface area contributed by atoms with Crippen molar-refractivity contribution >= 4 is 22.8 Å². The van der Waals surface area contributed by atoms with Gasteiger partial charge in [-0.1, -0.05) is 36.9 Å². The van der Waals surface area contributed by atoms with E-state index >= 15 is 0 Å². The summed E-state index contributed by atoms with van der Waals surface area (Å²) >= 11 is 0. The van der Waals surface area contributed by atoms with Crippen LogP contribution in [0, 0.1) is 5.92 Å². The fourth-order valence-electron chi connectivity index (χ4n) is 2.29. The van der Waals surface area contributed by atoms with Crippen molar-refractivity contribution in [1.82, 2.24) is 5.32 Å². The Morgan fingerprint density at radius 3 is 2.89 bits per heavy atom. The normalized spacial score (nSPS) is 14.3. The second kappa shape index (κ2) is 4.88. The highest BCUT2D eigenvalue weighted by atomic mass is 16.1. The minimum atomic E-state index is 0.0257. The summed E-state index contributed by atoms with van der Waals surface area (Å²) < 4.78 is 0. The molecule has 1 amide bonds. The maximum Gasteiger partial charge on any atom is 0.251 e. The van der Waals surface area contributed by atoms with Crippen LogP contribution in [0.15, 0.2) is 43.0 Å². The minimum absolute atomic E-state index is 0.0257. The van der Waals surface area contributed by atoms with Gasteiger partial charge in [0.25, 0.3) is 5.91 Å². The summed E-state index contributed by atoms with van der Waals surface area (Å²) in [5, 5.41) is 5.21. The molecule has 0 saturated heterocycles. The molecule has 2 aromatic rings. The number of fused-ring (bicyclic) bond motifs is 1. The van der Waals surface area contributed by atoms with Crippen LogP contribution in [0.2, 0.25) is 0 Å². The van der Waals surface area contributed by atoms with Gasteiger partial charge in [-0.2, -0.15) is 0 Å². The molecule has 0 unspecified atom stereocenters. The second-order valence-corrected chi connectivity index (χ2v) is 5.14. The predicted molar refractivity (Wildman–Crippen MR) is 79.1 cm³/mol. The monoisotopic (exact) mass is 251 g/mol. The molecule has 2 nitrogen and oxygen atoms in total. The predicted octanol–water partition coefficient (Wildman–Crippen LogP) is 3.62. The molecule has 2 aromatic carbocycles. The highest BCUT2D eigenvalue weighted by molar-refractivity contribution is 6.00. The molecule has 0 spiro atoms. The summed E-state index contributed by atoms with van der Waals surface area (Å²) in [7, 11) is 0. The van der Waals surface area contributed by atoms with Gasteiger partial charge in [-0.15, -0.1) is 0 Å². The van der Waals surface area contributed by atoms with Gasteiger partial charge in [0.05, 0.1) is 0 Å². The minimum Gasteiger partial charge on any atom is -0.352 e. The molecule has 0 aromatic heterocycles. The summed E-state index contributed by atoms with van der Waals surface area (Å²) in [6.45, 7) is 4.62. The first-order valence-corrected chi connectivity index (χ1v) is 6.71. The van der Waals surface area contributed by atoms with E-state index in [2.05, 4.69) is 11.9 Å². The zero-order valence-electron chi connectivity index (χ0n) is 10.9. The van der Waals surface area contributed by atoms with Crippen molar-refractivity contribution in [3.63, 3.8) is 0 Å². The highest BCUT2D eigenvalue weighted by Gasteiger charge is 2.21. The van der Waals surface area contributed by atoms with Crippen LogP contribution < -0.4 is 5.32 Å². The molecule has 0 aliphatic heterocycles. The van der Waals surface area contributed by atoms with Crippen LogP contribution in [0.5, 0.6) is 0 Å². The number of carbonyl (C=O) groups excluding carboxylic acids is 1. The van der Waals surface area contributed by atoms with E-state index < -0.39 is 0 Å². The quantitative estimate of drug-likeness (QED) is 0.883. The van der Waals surface area contributed by atoms with Gasteiger partial charge in [0, 0.05) is 12.1 Å². The van der Waals surface area contributed by atoms with Crippen molar-refractivity contribution in [3.05, 3.63) is 54.1 Å². The van der Waals surface area contributed by atoms with E-state index in [4.69, 9.17) is 0 Å². The van der Waals surface area contributed by atoms with E-state index in [0.717, 1.165) is 28.4 Å². The van der Waals surface area contributed by atoms with Crippen molar-refractivity contribution in [2.75, 3.05) is 6.54 Å². The zero-order valence-corrected chi connectivity index (χ0v) is 10.9. The van der Waals surface area contributed by atoms with Gasteiger partial charge in [0.2, 0.25) is 0 Å². The number of rotatable bonds is 4. The van der Waals surface area contributed by atoms with E-state index in [9.17, 15) is 4.79 Å². The van der Waals surface area contributed by atoms with Gasteiger partial charge in [0.15, 0.2) is 0 Å². The number of amides is 1. The topological polar surface area (TPSA) is 29.1 Å². The average molecular weight is 251 g/mol. The Morgan fingerprint density at radius 1 is 1.32 bits per heavy atom. The first-order chi connectivity index (χ1) is 9.28. The van der Waals surface area contributed by atoms with Crippen molar-refractivity contribution in [2.45, 2.75) is 12.8 Å². The Kier molecular flexibility index (Phi) is 3.08. The molecule has 96 valence electrons. The maximum atomic E-state index is 12.0. The Morgan fingerprint density at radius 2 is 2.16 bits per heavy atom. The molecule has 0 atom stereocenters. The molecule has 0 bridgehead atoms. The van der Waals surface area contributed by atoms with E-state index in [1.165, 1.54) is 12.8 Å². The van der Waals surface area contributed by atoms with Crippen LogP contribution >= 0.6 is 0 Å². The standard InChI is InChI=1S/C17H17NO/c1-2-13-4-3-5-14-10-15(8-9-16(13)14)17(19)18-11-12-6-7-12/h2-5,8-10,12H,1,6-7,11H2,(H,18,19). The van der Waals surface area contributed by atoms with Crippen molar-refractivity contribution in [2.24, 2.45) is 5.92 Å². The second-order valence-electron chi connectivity index (χ2n) is 5.14. The Labute approximate surface area is 113 Å². The third kappa shape index (κ3) is 2.53. The third-order valence-corrected chi connectivity index (χ3v) is 3.64. The largest absolute Gasteiger partial charge is 0.352 e. The number of hydrogen-bond acceptors (Lipinski definition) is 1. The van der Waals surface area contributed by atoms with Crippen LogP contribution in [0.25, 0.3) is 16.8 Å². The third-order valence-electron chi connectivity index (χ3n) is 3.64. The number of carbonyl (C=O) groups is 1. The van der Waals surface area contributed by atoms with Gasteiger partial charge in [-0.3, -0.25) is 4.79 Å². The van der Waals surface area contributed by atoms with Crippen LogP contribution in [0.3, 0.4) is 0 Å². The fraction of sp³-hybridized carbons (Fsp3) is 0.235. The number of nitrogens with one attached hydrogen (secondary N) is 1. The summed E-state index contributed by atoms with van der Waals surface area (Å²) in [6.07, 6.45) is 4.34. The molecule has 19 heavy (non-hydrogen) atoms. The lowest BCUT2D eigenvalue weighted by atomic mass is 10.0. The van der Waals surface area contributed by atoms with Gasteiger partial charge in [-0.25, -0.2) is 0 Å². The van der Waals surface area contributed by atoms with Gasteiger partial charge < -0.3 is 5.32 Å². The summed E-state index contributed by atoms with van der Waals surface area (Å²) in [4.78, 5) is 12.0. The number of hydrogen-bond donors (Lipinski definition) is 1.